The van der Waals surface area contributed by atoms with Crippen LogP contribution in [0.3, 0.4) is 0 Å². The summed E-state index contributed by atoms with van der Waals surface area (Å²) in [6.45, 7) is 10.1. The second-order valence-corrected chi connectivity index (χ2v) is 11.1. The summed E-state index contributed by atoms with van der Waals surface area (Å²) in [5.41, 5.74) is 11.3. The summed E-state index contributed by atoms with van der Waals surface area (Å²) in [5.74, 6) is 0.852. The lowest BCUT2D eigenvalue weighted by Gasteiger charge is -2.59. The van der Waals surface area contributed by atoms with Gasteiger partial charge in [0.25, 0.3) is 0 Å². The maximum absolute atomic E-state index is 12.4. The first kappa shape index (κ1) is 22.5. The van der Waals surface area contributed by atoms with Crippen LogP contribution in [-0.2, 0) is 23.2 Å². The van der Waals surface area contributed by atoms with Crippen LogP contribution < -0.4 is 5.73 Å². The average molecular weight is 447 g/mol. The molecule has 2 aromatic rings. The predicted molar refractivity (Wildman–Crippen MR) is 133 cm³/mol. The van der Waals surface area contributed by atoms with Gasteiger partial charge in [-0.25, -0.2) is 4.79 Å². The standard InChI is InChI=1S/C29H38N2O2/c1-4-6-20-7-5-8-22(17-20)23-9-10-25-24(18-23)11-14-28(2,3)29(25,33-27(30)32)26-19-31-15-12-21(26)13-16-31/h5,7-10,17-18,21,26H,4,6,11-16,19H2,1-3H3,(H2,30,32)/t26-,29-/m1/s1. The zero-order valence-corrected chi connectivity index (χ0v) is 20.4. The molecule has 3 saturated heterocycles. The number of nitrogens with zero attached hydrogens (tertiary/aromatic N) is 1. The Kier molecular flexibility index (Phi) is 5.76. The Morgan fingerprint density at radius 3 is 2.55 bits per heavy atom. The first-order valence-corrected chi connectivity index (χ1v) is 12.8. The fraction of sp³-hybridized carbons (Fsp3) is 0.552. The molecule has 0 spiro atoms. The van der Waals surface area contributed by atoms with Crippen molar-refractivity contribution in [1.82, 2.24) is 4.90 Å². The third-order valence-electron chi connectivity index (χ3n) is 8.77. The van der Waals surface area contributed by atoms with Crippen molar-refractivity contribution in [3.63, 3.8) is 0 Å². The van der Waals surface area contributed by atoms with Crippen LogP contribution in [0, 0.1) is 17.3 Å². The minimum atomic E-state index is -0.682. The van der Waals surface area contributed by atoms with Gasteiger partial charge in [0, 0.05) is 17.9 Å². The summed E-state index contributed by atoms with van der Waals surface area (Å²) in [6.07, 6.45) is 5.94. The molecule has 2 bridgehead atoms. The molecular weight excluding hydrogens is 408 g/mol. The zero-order valence-electron chi connectivity index (χ0n) is 20.4. The Balaban J connectivity index is 1.62. The summed E-state index contributed by atoms with van der Waals surface area (Å²) >= 11 is 0. The highest BCUT2D eigenvalue weighted by Crippen LogP contribution is 2.59. The monoisotopic (exact) mass is 446 g/mol. The molecule has 3 aliphatic heterocycles. The lowest BCUT2D eigenvalue weighted by atomic mass is 9.53. The van der Waals surface area contributed by atoms with Gasteiger partial charge in [0.2, 0.25) is 0 Å². The topological polar surface area (TPSA) is 55.6 Å². The third kappa shape index (κ3) is 3.77. The van der Waals surface area contributed by atoms with Crippen LogP contribution in [0.25, 0.3) is 11.1 Å². The molecule has 4 aliphatic rings. The molecule has 0 aromatic heterocycles. The molecule has 3 fully saturated rings. The van der Waals surface area contributed by atoms with Gasteiger partial charge < -0.3 is 15.4 Å². The number of carbonyl (C=O) groups excluding carboxylic acids is 1. The van der Waals surface area contributed by atoms with Gasteiger partial charge in [0.1, 0.15) is 5.60 Å². The van der Waals surface area contributed by atoms with E-state index in [4.69, 9.17) is 10.5 Å². The Hall–Kier alpha value is -2.33. The molecule has 2 atom stereocenters. The van der Waals surface area contributed by atoms with E-state index in [0.717, 1.165) is 45.3 Å². The number of ether oxygens (including phenoxy) is 1. The zero-order chi connectivity index (χ0) is 23.2. The van der Waals surface area contributed by atoms with E-state index in [-0.39, 0.29) is 11.3 Å². The maximum Gasteiger partial charge on any atom is 0.405 e. The number of rotatable bonds is 5. The predicted octanol–water partition coefficient (Wildman–Crippen LogP) is 5.91. The average Bonchev–Trinajstić information content (AvgIpc) is 2.81. The van der Waals surface area contributed by atoms with Crippen molar-refractivity contribution in [2.24, 2.45) is 23.0 Å². The molecule has 2 N–H and O–H groups in total. The van der Waals surface area contributed by atoms with Crippen molar-refractivity contribution in [1.29, 1.82) is 0 Å². The molecule has 3 heterocycles. The number of hydrogen-bond acceptors (Lipinski definition) is 3. The second kappa shape index (κ2) is 8.47. The van der Waals surface area contributed by atoms with Crippen molar-refractivity contribution in [2.75, 3.05) is 19.6 Å². The molecule has 1 aliphatic carbocycles. The van der Waals surface area contributed by atoms with Crippen LogP contribution in [0.5, 0.6) is 0 Å². The number of benzene rings is 2. The van der Waals surface area contributed by atoms with E-state index >= 15 is 0 Å². The van der Waals surface area contributed by atoms with E-state index in [1.165, 1.54) is 40.7 Å². The third-order valence-corrected chi connectivity index (χ3v) is 8.77. The summed E-state index contributed by atoms with van der Waals surface area (Å²) in [5, 5.41) is 0. The highest BCUT2D eigenvalue weighted by Gasteiger charge is 2.60. The molecule has 4 heteroatoms. The van der Waals surface area contributed by atoms with Gasteiger partial charge >= 0.3 is 6.09 Å². The molecule has 6 rings (SSSR count). The van der Waals surface area contributed by atoms with Gasteiger partial charge in [-0.3, -0.25) is 0 Å². The fourth-order valence-corrected chi connectivity index (χ4v) is 7.09. The Morgan fingerprint density at radius 1 is 1.12 bits per heavy atom. The Labute approximate surface area is 198 Å². The van der Waals surface area contributed by atoms with E-state index in [9.17, 15) is 4.79 Å². The lowest BCUT2D eigenvalue weighted by Crippen LogP contribution is -2.62. The number of fused-ring (bicyclic) bond motifs is 4. The highest BCUT2D eigenvalue weighted by atomic mass is 16.6. The van der Waals surface area contributed by atoms with E-state index < -0.39 is 11.7 Å². The van der Waals surface area contributed by atoms with Crippen molar-refractivity contribution < 1.29 is 9.53 Å². The minimum absolute atomic E-state index is 0.180. The molecule has 0 unspecified atom stereocenters. The van der Waals surface area contributed by atoms with Gasteiger partial charge in [-0.2, -0.15) is 0 Å². The number of aryl methyl sites for hydroxylation is 2. The number of nitrogens with two attached hydrogens (primary N) is 1. The van der Waals surface area contributed by atoms with Gasteiger partial charge in [-0.1, -0.05) is 69.7 Å². The summed E-state index contributed by atoms with van der Waals surface area (Å²) < 4.78 is 6.32. The normalized spacial score (nSPS) is 30.0. The van der Waals surface area contributed by atoms with Crippen LogP contribution in [0.4, 0.5) is 4.79 Å². The van der Waals surface area contributed by atoms with Gasteiger partial charge in [-0.05, 0) is 78.9 Å². The quantitative estimate of drug-likeness (QED) is 0.621. The van der Waals surface area contributed by atoms with Crippen LogP contribution in [0.15, 0.2) is 42.5 Å². The van der Waals surface area contributed by atoms with E-state index in [2.05, 4.69) is 68.1 Å². The first-order chi connectivity index (χ1) is 15.8. The van der Waals surface area contributed by atoms with Crippen LogP contribution >= 0.6 is 0 Å². The smallest absolute Gasteiger partial charge is 0.405 e. The molecule has 2 aromatic carbocycles. The lowest BCUT2D eigenvalue weighted by molar-refractivity contribution is -0.173. The molecule has 176 valence electrons. The van der Waals surface area contributed by atoms with Crippen LogP contribution in [-0.4, -0.2) is 30.6 Å². The first-order valence-electron chi connectivity index (χ1n) is 12.8. The molecule has 33 heavy (non-hydrogen) atoms. The second-order valence-electron chi connectivity index (χ2n) is 11.1. The van der Waals surface area contributed by atoms with Crippen LogP contribution in [0.2, 0.25) is 0 Å². The SMILES string of the molecule is CCCc1cccc(-c2ccc3c(c2)CCC(C)(C)[C@]3(OC(N)=O)[C@@H]2CN3CCC2CC3)c1. The summed E-state index contributed by atoms with van der Waals surface area (Å²) in [6, 6.07) is 15.7. The number of amides is 1. The van der Waals surface area contributed by atoms with Crippen molar-refractivity contribution in [2.45, 2.75) is 64.9 Å². The number of hydrogen-bond donors (Lipinski definition) is 1. The number of primary amides is 1. The molecular formula is C29H38N2O2. The summed E-state index contributed by atoms with van der Waals surface area (Å²) in [7, 11) is 0. The van der Waals surface area contributed by atoms with E-state index in [1.54, 1.807) is 0 Å². The fourth-order valence-electron chi connectivity index (χ4n) is 7.09. The molecule has 4 nitrogen and oxygen atoms in total. The molecule has 1 amide bonds. The van der Waals surface area contributed by atoms with E-state index in [0.29, 0.717) is 5.92 Å². The van der Waals surface area contributed by atoms with E-state index in [1.807, 2.05) is 0 Å². The van der Waals surface area contributed by atoms with Gasteiger partial charge in [-0.15, -0.1) is 0 Å². The molecule has 0 saturated carbocycles. The van der Waals surface area contributed by atoms with Gasteiger partial charge in [0.15, 0.2) is 0 Å². The minimum Gasteiger partial charge on any atom is -0.437 e. The molecule has 0 radical (unpaired) electrons. The van der Waals surface area contributed by atoms with Crippen molar-refractivity contribution in [3.05, 3.63) is 59.2 Å². The number of carbonyl (C=O) groups is 1. The van der Waals surface area contributed by atoms with Crippen molar-refractivity contribution >= 4 is 6.09 Å². The Bertz CT molecular complexity index is 1040. The number of piperidine rings is 3. The van der Waals surface area contributed by atoms with Crippen LogP contribution in [0.1, 0.15) is 63.1 Å². The summed E-state index contributed by atoms with van der Waals surface area (Å²) in [4.78, 5) is 14.9. The Morgan fingerprint density at radius 2 is 1.88 bits per heavy atom. The largest absolute Gasteiger partial charge is 0.437 e. The maximum atomic E-state index is 12.4. The highest BCUT2D eigenvalue weighted by molar-refractivity contribution is 5.68. The van der Waals surface area contributed by atoms with Crippen molar-refractivity contribution in [3.8, 4) is 11.1 Å². The van der Waals surface area contributed by atoms with Gasteiger partial charge in [0.05, 0.1) is 0 Å².